The first-order valence-corrected chi connectivity index (χ1v) is 21.5. The summed E-state index contributed by atoms with van der Waals surface area (Å²) in [6.45, 7) is 5.36. The first kappa shape index (κ1) is 47.4. The van der Waals surface area contributed by atoms with Gasteiger partial charge in [0.05, 0.1) is 23.6 Å². The minimum Gasteiger partial charge on any atom is -0.659 e. The van der Waals surface area contributed by atoms with Gasteiger partial charge in [0.2, 0.25) is 11.8 Å². The van der Waals surface area contributed by atoms with Crippen molar-refractivity contribution in [3.05, 3.63) is 63.5 Å². The number of H-pyrrole nitrogens is 1. The van der Waals surface area contributed by atoms with Gasteiger partial charge < -0.3 is 45.1 Å². The Hall–Kier alpha value is -3.67. The van der Waals surface area contributed by atoms with Crippen molar-refractivity contribution in [3.8, 4) is 5.75 Å². The summed E-state index contributed by atoms with van der Waals surface area (Å²) in [6.07, 6.45) is 7.01. The van der Waals surface area contributed by atoms with Gasteiger partial charge in [-0.15, -0.1) is 12.6 Å². The molecule has 0 saturated carbocycles. The molecule has 1 aromatic heterocycles. The smallest absolute Gasteiger partial charge is 0.290 e. The van der Waals surface area contributed by atoms with E-state index < -0.39 is 17.4 Å². The van der Waals surface area contributed by atoms with Crippen LogP contribution in [0.3, 0.4) is 0 Å². The maximum atomic E-state index is 15.2. The second kappa shape index (κ2) is 23.5. The number of nitrogens with zero attached hydrogens (tertiary/aromatic N) is 4. The first-order valence-electron chi connectivity index (χ1n) is 20.4. The van der Waals surface area contributed by atoms with Gasteiger partial charge in [-0.3, -0.25) is 24.5 Å². The van der Waals surface area contributed by atoms with E-state index in [2.05, 4.69) is 30.4 Å². The van der Waals surface area contributed by atoms with Crippen molar-refractivity contribution >= 4 is 52.3 Å². The number of ether oxygens (including phenoxy) is 2. The number of anilines is 2. The number of carbonyl (C=O) groups excluding carboxylic acids is 2. The van der Waals surface area contributed by atoms with E-state index in [4.69, 9.17) is 24.7 Å². The van der Waals surface area contributed by atoms with Crippen LogP contribution in [0.5, 0.6) is 5.75 Å². The molecule has 3 aromatic rings. The van der Waals surface area contributed by atoms with Gasteiger partial charge in [-0.2, -0.15) is 11.8 Å². The van der Waals surface area contributed by atoms with E-state index in [1.807, 2.05) is 0 Å². The molecule has 4 aliphatic heterocycles. The number of nitrogens with one attached hydrogen (secondary N) is 3. The Morgan fingerprint density at radius 2 is 1.75 bits per heavy atom. The van der Waals surface area contributed by atoms with Crippen LogP contribution in [0.15, 0.2) is 35.1 Å². The molecule has 0 radical (unpaired) electrons. The van der Waals surface area contributed by atoms with E-state index in [1.165, 1.54) is 12.1 Å². The molecule has 4 saturated heterocycles. The van der Waals surface area contributed by atoms with E-state index in [1.54, 1.807) is 30.0 Å². The molecule has 0 aliphatic carbocycles. The number of benzene rings is 2. The van der Waals surface area contributed by atoms with Gasteiger partial charge >= 0.3 is 0 Å². The van der Waals surface area contributed by atoms with E-state index >= 15 is 8.78 Å². The van der Waals surface area contributed by atoms with Crippen molar-refractivity contribution < 1.29 is 63.9 Å². The summed E-state index contributed by atoms with van der Waals surface area (Å²) in [7, 11) is 0. The van der Waals surface area contributed by atoms with Crippen LogP contribution in [0.25, 0.3) is 16.2 Å². The number of hydrogen-bond donors (Lipinski definition) is 5. The second-order valence-electron chi connectivity index (χ2n) is 15.4. The average Bonchev–Trinajstić information content (AvgIpc) is 3.23. The standard InChI is InChI=1S/C40H52F2N7O6S.CH2O2.W/c41-31-19-27(44-33-2-4-37(51)47-39(33)52)1-3-35(31)49-15-8-28(9-16-49)48-13-6-26(7-14-48)43-12-5-25(22-50)23-55-29-20-32(42)38-34(21-29)45-36(46-40(38)53)24-56-30-10-17-54-18-11-30;2-1-3;/h1,3,19-21,25-26,28,30,33,44,50H,2,4-18,22-24H2,(H,45,46,53)(H,47,51,52);1H,(H,2,3);/q-1;;. The molecular weight excluding hydrogens is 972 g/mol. The molecule has 60 heavy (non-hydrogen) atoms. The Bertz CT molecular complexity index is 1940. The third kappa shape index (κ3) is 13.2. The number of rotatable bonds is 15. The molecule has 4 aliphatic rings. The number of halogens is 2. The number of aromatic amines is 1. The summed E-state index contributed by atoms with van der Waals surface area (Å²) >= 11 is 1.72. The molecule has 2 unspecified atom stereocenters. The number of likely N-dealkylation sites (tertiary alicyclic amines) is 1. The van der Waals surface area contributed by atoms with Crippen molar-refractivity contribution in [3.63, 3.8) is 0 Å². The van der Waals surface area contributed by atoms with Gasteiger partial charge in [0.25, 0.3) is 12.0 Å². The van der Waals surface area contributed by atoms with Gasteiger partial charge in [0.1, 0.15) is 34.6 Å². The summed E-state index contributed by atoms with van der Waals surface area (Å²) in [6, 6.07) is 7.90. The van der Waals surface area contributed by atoms with Crippen LogP contribution in [-0.2, 0) is 45.9 Å². The maximum Gasteiger partial charge on any atom is 0.290 e. The van der Waals surface area contributed by atoms with Crippen LogP contribution >= 0.6 is 11.8 Å². The van der Waals surface area contributed by atoms with E-state index in [0.717, 1.165) is 77.9 Å². The Morgan fingerprint density at radius 3 is 2.43 bits per heavy atom. The Labute approximate surface area is 366 Å². The molecule has 2 aromatic carbocycles. The molecule has 2 atom stereocenters. The fourth-order valence-electron chi connectivity index (χ4n) is 8.11. The number of piperidine rings is 3. The van der Waals surface area contributed by atoms with Crippen molar-refractivity contribution in [2.24, 2.45) is 5.92 Å². The van der Waals surface area contributed by atoms with Crippen LogP contribution in [0.1, 0.15) is 63.6 Å². The minimum atomic E-state index is -0.691. The van der Waals surface area contributed by atoms with Crippen LogP contribution < -0.4 is 25.8 Å². The number of carboxylic acid groups (broad SMARTS) is 1. The quantitative estimate of drug-likeness (QED) is 0.106. The number of aromatic nitrogens is 2. The molecule has 15 nitrogen and oxygen atoms in total. The molecule has 19 heteroatoms. The molecule has 5 heterocycles. The van der Waals surface area contributed by atoms with Gasteiger partial charge in [0, 0.05) is 95.4 Å². The normalized spacial score (nSPS) is 20.1. The van der Waals surface area contributed by atoms with E-state index in [-0.39, 0.29) is 93.4 Å². The largest absolute Gasteiger partial charge is 0.659 e. The molecule has 5 N–H and O–H groups in total. The molecule has 4 fully saturated rings. The van der Waals surface area contributed by atoms with Crippen molar-refractivity contribution in [2.45, 2.75) is 86.9 Å². The molecular formula is C41H54F2N7O8SW-. The predicted octanol–water partition coefficient (Wildman–Crippen LogP) is 4.41. The van der Waals surface area contributed by atoms with Crippen LogP contribution in [0.2, 0.25) is 0 Å². The Morgan fingerprint density at radius 1 is 1.02 bits per heavy atom. The summed E-state index contributed by atoms with van der Waals surface area (Å²) in [5.41, 5.74) is 0.820. The van der Waals surface area contributed by atoms with Crippen LogP contribution in [0, 0.1) is 17.6 Å². The SMILES string of the molecule is O=C1CCC(Nc2ccc(N3CCC(N4CCC([N-]CCC(CO)COc5cc(F)c6c(=O)[nH]c(CSC7CCOCC7)nc6c5)CC4)CC3)c(F)c2)C(=O)N1.O=CO.[W]. The number of fused-ring (bicyclic) bond motifs is 1. The molecule has 0 bridgehead atoms. The summed E-state index contributed by atoms with van der Waals surface area (Å²) in [5, 5.41) is 27.6. The summed E-state index contributed by atoms with van der Waals surface area (Å²) in [5.74, 6) is -0.579. The Kier molecular flexibility index (Phi) is 18.6. The zero-order chi connectivity index (χ0) is 41.7. The van der Waals surface area contributed by atoms with Crippen LogP contribution in [0.4, 0.5) is 20.2 Å². The summed E-state index contributed by atoms with van der Waals surface area (Å²) < 4.78 is 41.5. The van der Waals surface area contributed by atoms with Gasteiger partial charge in [-0.25, -0.2) is 13.8 Å². The fraction of sp³-hybridized carbons (Fsp3) is 0.585. The summed E-state index contributed by atoms with van der Waals surface area (Å²) in [4.78, 5) is 56.5. The van der Waals surface area contributed by atoms with Crippen LogP contribution in [-0.4, -0.2) is 126 Å². The number of amides is 2. The fourth-order valence-corrected chi connectivity index (χ4v) is 9.17. The number of hydrogen-bond acceptors (Lipinski definition) is 12. The number of aliphatic hydroxyl groups is 1. The maximum absolute atomic E-state index is 15.2. The van der Waals surface area contributed by atoms with Gasteiger partial charge in [-0.1, -0.05) is 19.3 Å². The topological polar surface area (TPSA) is 201 Å². The van der Waals surface area contributed by atoms with Crippen molar-refractivity contribution in [1.82, 2.24) is 20.2 Å². The molecule has 7 rings (SSSR count). The third-order valence-corrected chi connectivity index (χ3v) is 12.8. The number of thioether (sulfide) groups is 1. The van der Waals surface area contributed by atoms with Gasteiger partial charge in [0.15, 0.2) is 0 Å². The Balaban J connectivity index is 0.00000166. The molecule has 328 valence electrons. The number of aliphatic hydroxyl groups excluding tert-OH is 1. The van der Waals surface area contributed by atoms with Crippen molar-refractivity contribution in [1.29, 1.82) is 0 Å². The zero-order valence-corrected chi connectivity index (χ0v) is 37.2. The van der Waals surface area contributed by atoms with E-state index in [0.29, 0.717) is 53.6 Å². The monoisotopic (exact) mass is 1030 g/mol. The molecule has 2 amide bonds. The van der Waals surface area contributed by atoms with Gasteiger partial charge in [-0.05, 0) is 63.4 Å². The minimum absolute atomic E-state index is 0. The predicted molar refractivity (Wildman–Crippen MR) is 221 cm³/mol. The first-order chi connectivity index (χ1) is 28.6. The zero-order valence-electron chi connectivity index (χ0n) is 33.5. The average molecular weight is 1030 g/mol. The van der Waals surface area contributed by atoms with Crippen molar-refractivity contribution in [2.75, 3.05) is 69.4 Å². The van der Waals surface area contributed by atoms with E-state index in [9.17, 15) is 19.5 Å². The molecule has 0 spiro atoms. The third-order valence-electron chi connectivity index (χ3n) is 11.4. The number of carbonyl (C=O) groups is 3. The second-order valence-corrected chi connectivity index (χ2v) is 16.7. The number of imide groups is 1.